The fraction of sp³-hybridized carbons (Fsp3) is 0.476. The summed E-state index contributed by atoms with van der Waals surface area (Å²) < 4.78 is 14.7. The van der Waals surface area contributed by atoms with Crippen LogP contribution in [0.15, 0.2) is 30.3 Å². The van der Waals surface area contributed by atoms with Crippen molar-refractivity contribution in [2.24, 2.45) is 7.05 Å². The van der Waals surface area contributed by atoms with Gasteiger partial charge in [0.15, 0.2) is 0 Å². The maximum atomic E-state index is 13.4. The number of hydrogen-bond acceptors (Lipinski definition) is 3. The van der Waals surface area contributed by atoms with E-state index in [1.807, 2.05) is 23.1 Å². The van der Waals surface area contributed by atoms with Crippen molar-refractivity contribution in [2.45, 2.75) is 19.9 Å². The lowest BCUT2D eigenvalue weighted by Crippen LogP contribution is -2.37. The van der Waals surface area contributed by atoms with Crippen molar-refractivity contribution in [1.29, 1.82) is 0 Å². The van der Waals surface area contributed by atoms with Gasteiger partial charge >= 0.3 is 0 Å². The minimum atomic E-state index is 0.0121. The van der Waals surface area contributed by atoms with E-state index in [1.165, 1.54) is 10.9 Å². The van der Waals surface area contributed by atoms with Crippen LogP contribution in [0, 0.1) is 0 Å². The summed E-state index contributed by atoms with van der Waals surface area (Å²) in [7, 11) is 5.35. The number of hydrogen-bond donors (Lipinski definition) is 0. The molecule has 3 rings (SSSR count). The van der Waals surface area contributed by atoms with Crippen molar-refractivity contribution in [2.75, 3.05) is 40.5 Å². The molecule has 0 aliphatic rings. The molecule has 2 heterocycles. The summed E-state index contributed by atoms with van der Waals surface area (Å²) in [5, 5.41) is 1.17. The first-order valence-electron chi connectivity index (χ1n) is 9.36. The molecule has 1 amide bonds. The molecule has 0 aliphatic heterocycles. The van der Waals surface area contributed by atoms with Gasteiger partial charge in [-0.2, -0.15) is 0 Å². The van der Waals surface area contributed by atoms with Gasteiger partial charge in [0.1, 0.15) is 5.69 Å². The van der Waals surface area contributed by atoms with Gasteiger partial charge in [-0.15, -0.1) is 0 Å². The molecule has 6 nitrogen and oxygen atoms in total. The van der Waals surface area contributed by atoms with Crippen molar-refractivity contribution in [3.8, 4) is 0 Å². The third kappa shape index (κ3) is 3.47. The Hall–Kier alpha value is -2.31. The Morgan fingerprint density at radius 2 is 1.70 bits per heavy atom. The highest BCUT2D eigenvalue weighted by atomic mass is 16.5. The Balaban J connectivity index is 2.13. The Kier molecular flexibility index (Phi) is 5.87. The van der Waals surface area contributed by atoms with E-state index in [4.69, 9.17) is 9.47 Å². The summed E-state index contributed by atoms with van der Waals surface area (Å²) in [5.74, 6) is 0.0121. The van der Waals surface area contributed by atoms with Crippen LogP contribution in [0.1, 0.15) is 30.4 Å². The van der Waals surface area contributed by atoms with Crippen LogP contribution in [0.25, 0.3) is 21.9 Å². The van der Waals surface area contributed by atoms with Crippen LogP contribution in [0.2, 0.25) is 0 Å². The van der Waals surface area contributed by atoms with E-state index < -0.39 is 0 Å². The number of carbonyl (C=O) groups is 1. The fourth-order valence-corrected chi connectivity index (χ4v) is 3.71. The molecule has 0 radical (unpaired) electrons. The van der Waals surface area contributed by atoms with Gasteiger partial charge in [-0.25, -0.2) is 0 Å². The summed E-state index contributed by atoms with van der Waals surface area (Å²) >= 11 is 0. The molecule has 0 spiro atoms. The van der Waals surface area contributed by atoms with Crippen molar-refractivity contribution < 1.29 is 14.3 Å². The largest absolute Gasteiger partial charge is 0.383 e. The van der Waals surface area contributed by atoms with Crippen LogP contribution in [0.3, 0.4) is 0 Å². The van der Waals surface area contributed by atoms with Crippen molar-refractivity contribution in [1.82, 2.24) is 14.0 Å². The van der Waals surface area contributed by atoms with Gasteiger partial charge in [-0.1, -0.05) is 18.2 Å². The number of fused-ring (bicyclic) bond motifs is 3. The first-order chi connectivity index (χ1) is 13.0. The predicted molar refractivity (Wildman–Crippen MR) is 108 cm³/mol. The number of rotatable bonds is 8. The maximum Gasteiger partial charge on any atom is 0.270 e. The first kappa shape index (κ1) is 19.5. The highest BCUT2D eigenvalue weighted by Gasteiger charge is 2.25. The molecule has 0 bridgehead atoms. The molecule has 0 atom stereocenters. The third-order valence-corrected chi connectivity index (χ3v) is 5.05. The number of nitrogens with zero attached hydrogens (tertiary/aromatic N) is 3. The number of ether oxygens (including phenoxy) is 2. The molecule has 146 valence electrons. The van der Waals surface area contributed by atoms with Crippen LogP contribution in [0.4, 0.5) is 0 Å². The standard InChI is InChI=1S/C21H29N3O3/c1-15(2)24-19(21(25)23(10-12-26-4)11-13-27-5)14-18-20(24)16-8-6-7-9-17(16)22(18)3/h6-9,14-15H,10-13H2,1-5H3. The van der Waals surface area contributed by atoms with E-state index in [0.29, 0.717) is 32.0 Å². The summed E-state index contributed by atoms with van der Waals surface area (Å²) in [6.45, 7) is 6.32. The quantitative estimate of drug-likeness (QED) is 0.609. The molecule has 0 unspecified atom stereocenters. The monoisotopic (exact) mass is 371 g/mol. The summed E-state index contributed by atoms with van der Waals surface area (Å²) in [4.78, 5) is 15.2. The number of methoxy groups -OCH3 is 2. The molecular formula is C21H29N3O3. The molecule has 1 aromatic carbocycles. The normalized spacial score (nSPS) is 11.8. The molecule has 6 heteroatoms. The van der Waals surface area contributed by atoms with Crippen LogP contribution in [0.5, 0.6) is 0 Å². The lowest BCUT2D eigenvalue weighted by Gasteiger charge is -2.24. The van der Waals surface area contributed by atoms with Gasteiger partial charge in [0.25, 0.3) is 5.91 Å². The maximum absolute atomic E-state index is 13.4. The Morgan fingerprint density at radius 1 is 1.07 bits per heavy atom. The SMILES string of the molecule is COCCN(CCOC)C(=O)c1cc2c(c3ccccc3n2C)n1C(C)C. The van der Waals surface area contributed by atoms with Gasteiger partial charge < -0.3 is 23.5 Å². The Morgan fingerprint density at radius 3 is 2.30 bits per heavy atom. The zero-order valence-corrected chi connectivity index (χ0v) is 16.9. The molecule has 2 aromatic heterocycles. The second-order valence-electron chi connectivity index (χ2n) is 7.08. The average molecular weight is 371 g/mol. The second kappa shape index (κ2) is 8.15. The molecule has 0 N–H and O–H groups in total. The number of benzene rings is 1. The number of aromatic nitrogens is 2. The minimum Gasteiger partial charge on any atom is -0.383 e. The van der Waals surface area contributed by atoms with Crippen LogP contribution in [-0.4, -0.2) is 60.5 Å². The zero-order chi connectivity index (χ0) is 19.6. The van der Waals surface area contributed by atoms with Crippen molar-refractivity contribution in [3.63, 3.8) is 0 Å². The number of aryl methyl sites for hydroxylation is 1. The highest BCUT2D eigenvalue weighted by molar-refractivity contribution is 6.10. The van der Waals surface area contributed by atoms with Gasteiger partial charge in [-0.3, -0.25) is 4.79 Å². The fourth-order valence-electron chi connectivity index (χ4n) is 3.71. The molecule has 0 saturated carbocycles. The topological polar surface area (TPSA) is 48.6 Å². The summed E-state index contributed by atoms with van der Waals surface area (Å²) in [6, 6.07) is 10.5. The molecule has 0 aliphatic carbocycles. The van der Waals surface area contributed by atoms with Crippen LogP contribution < -0.4 is 0 Å². The zero-order valence-electron chi connectivity index (χ0n) is 16.9. The Labute approximate surface area is 160 Å². The van der Waals surface area contributed by atoms with Crippen LogP contribution >= 0.6 is 0 Å². The average Bonchev–Trinajstić information content (AvgIpc) is 3.18. The van der Waals surface area contributed by atoms with E-state index >= 15 is 0 Å². The minimum absolute atomic E-state index is 0.0121. The number of para-hydroxylation sites is 1. The van der Waals surface area contributed by atoms with E-state index in [0.717, 1.165) is 11.0 Å². The third-order valence-electron chi connectivity index (χ3n) is 5.05. The first-order valence-corrected chi connectivity index (χ1v) is 9.36. The van der Waals surface area contributed by atoms with E-state index in [9.17, 15) is 4.79 Å². The summed E-state index contributed by atoms with van der Waals surface area (Å²) in [6.07, 6.45) is 0. The van der Waals surface area contributed by atoms with E-state index in [-0.39, 0.29) is 11.9 Å². The Bertz CT molecular complexity index is 931. The predicted octanol–water partition coefficient (Wildman–Crippen LogP) is 3.45. The van der Waals surface area contributed by atoms with Crippen LogP contribution in [-0.2, 0) is 16.5 Å². The van der Waals surface area contributed by atoms with Gasteiger partial charge in [0.05, 0.1) is 29.8 Å². The smallest absolute Gasteiger partial charge is 0.270 e. The summed E-state index contributed by atoms with van der Waals surface area (Å²) in [5.41, 5.74) is 4.08. The van der Waals surface area contributed by atoms with Crippen molar-refractivity contribution in [3.05, 3.63) is 36.0 Å². The van der Waals surface area contributed by atoms with Gasteiger partial charge in [0.2, 0.25) is 0 Å². The van der Waals surface area contributed by atoms with E-state index in [1.54, 1.807) is 14.2 Å². The number of carbonyl (C=O) groups excluding carboxylic acids is 1. The second-order valence-corrected chi connectivity index (χ2v) is 7.08. The lowest BCUT2D eigenvalue weighted by molar-refractivity contribution is 0.0616. The van der Waals surface area contributed by atoms with E-state index in [2.05, 4.69) is 42.2 Å². The molecule has 0 saturated heterocycles. The molecule has 0 fully saturated rings. The number of amides is 1. The molecule has 3 aromatic rings. The van der Waals surface area contributed by atoms with Gasteiger partial charge in [0, 0.05) is 45.8 Å². The van der Waals surface area contributed by atoms with Gasteiger partial charge in [-0.05, 0) is 26.0 Å². The lowest BCUT2D eigenvalue weighted by atomic mass is 10.2. The highest BCUT2D eigenvalue weighted by Crippen LogP contribution is 2.33. The molecular weight excluding hydrogens is 342 g/mol. The molecule has 27 heavy (non-hydrogen) atoms. The van der Waals surface area contributed by atoms with Crippen molar-refractivity contribution >= 4 is 27.8 Å².